The summed E-state index contributed by atoms with van der Waals surface area (Å²) in [5.41, 5.74) is 6.01. The van der Waals surface area contributed by atoms with E-state index in [1.54, 1.807) is 0 Å². The first-order valence-electron chi connectivity index (χ1n) is 12.2. The van der Waals surface area contributed by atoms with E-state index in [4.69, 9.17) is 4.98 Å². The molecule has 3 aromatic carbocycles. The number of piperazine rings is 1. The monoisotopic (exact) mass is 463 g/mol. The molecule has 0 saturated carbocycles. The molecule has 1 fully saturated rings. The molecule has 6 heteroatoms. The second-order valence-electron chi connectivity index (χ2n) is 9.32. The third-order valence-corrected chi connectivity index (χ3v) is 7.08. The van der Waals surface area contributed by atoms with Gasteiger partial charge in [0.15, 0.2) is 0 Å². The number of anilines is 1. The summed E-state index contributed by atoms with van der Waals surface area (Å²) in [4.78, 5) is 23.3. The van der Waals surface area contributed by atoms with Crippen molar-refractivity contribution in [3.63, 3.8) is 0 Å². The number of para-hydroxylation sites is 2. The molecule has 0 aliphatic carbocycles. The molecule has 35 heavy (non-hydrogen) atoms. The van der Waals surface area contributed by atoms with Crippen molar-refractivity contribution in [1.29, 1.82) is 0 Å². The van der Waals surface area contributed by atoms with Crippen molar-refractivity contribution in [3.05, 3.63) is 107 Å². The molecule has 1 atom stereocenters. The molecule has 6 nitrogen and oxygen atoms in total. The summed E-state index contributed by atoms with van der Waals surface area (Å²) in [6.45, 7) is 6.11. The van der Waals surface area contributed by atoms with E-state index in [0.29, 0.717) is 0 Å². The van der Waals surface area contributed by atoms with Gasteiger partial charge in [-0.3, -0.25) is 14.3 Å². The van der Waals surface area contributed by atoms with Crippen molar-refractivity contribution >= 4 is 22.9 Å². The number of hydrogen-bond donors (Lipinski definition) is 1. The molecule has 0 radical (unpaired) electrons. The van der Waals surface area contributed by atoms with E-state index in [-0.39, 0.29) is 11.9 Å². The van der Waals surface area contributed by atoms with E-state index in [9.17, 15) is 4.79 Å². The SMILES string of the molecule is CC1=C(C(=O)N2CCN(Cc3ccccc3)CC2)[C@H](c2ccccc2)n2c(nc3ccccc32)N1. The molecular formula is C29H29N5O. The van der Waals surface area contributed by atoms with Gasteiger partial charge < -0.3 is 10.2 Å². The summed E-state index contributed by atoms with van der Waals surface area (Å²) in [5.74, 6) is 0.883. The van der Waals surface area contributed by atoms with Gasteiger partial charge >= 0.3 is 0 Å². The van der Waals surface area contributed by atoms with Crippen LogP contribution < -0.4 is 5.32 Å². The number of rotatable bonds is 4. The smallest absolute Gasteiger partial charge is 0.254 e. The van der Waals surface area contributed by atoms with Crippen LogP contribution in [0, 0.1) is 0 Å². The Morgan fingerprint density at radius 2 is 1.54 bits per heavy atom. The van der Waals surface area contributed by atoms with Crippen molar-refractivity contribution in [1.82, 2.24) is 19.4 Å². The Kier molecular flexibility index (Phi) is 5.58. The van der Waals surface area contributed by atoms with Gasteiger partial charge in [-0.15, -0.1) is 0 Å². The van der Waals surface area contributed by atoms with Crippen molar-refractivity contribution in [3.8, 4) is 0 Å². The maximum Gasteiger partial charge on any atom is 0.254 e. The van der Waals surface area contributed by atoms with Crippen LogP contribution in [0.2, 0.25) is 0 Å². The van der Waals surface area contributed by atoms with Crippen molar-refractivity contribution < 1.29 is 4.79 Å². The number of nitrogens with one attached hydrogen (secondary N) is 1. The van der Waals surface area contributed by atoms with Crippen molar-refractivity contribution in [2.75, 3.05) is 31.5 Å². The Bertz CT molecular complexity index is 1380. The summed E-state index contributed by atoms with van der Waals surface area (Å²) in [5, 5.41) is 3.43. The molecule has 3 heterocycles. The summed E-state index contributed by atoms with van der Waals surface area (Å²) >= 11 is 0. The molecule has 0 spiro atoms. The van der Waals surface area contributed by atoms with Gasteiger partial charge in [0.25, 0.3) is 5.91 Å². The molecule has 4 aromatic rings. The zero-order chi connectivity index (χ0) is 23.8. The van der Waals surface area contributed by atoms with Crippen LogP contribution in [0.3, 0.4) is 0 Å². The third-order valence-electron chi connectivity index (χ3n) is 7.08. The lowest BCUT2D eigenvalue weighted by molar-refractivity contribution is -0.129. The van der Waals surface area contributed by atoms with E-state index in [1.807, 2.05) is 54.3 Å². The number of nitrogens with zero attached hydrogens (tertiary/aromatic N) is 4. The van der Waals surface area contributed by atoms with Gasteiger partial charge in [0.1, 0.15) is 0 Å². The van der Waals surface area contributed by atoms with Crippen molar-refractivity contribution in [2.24, 2.45) is 0 Å². The lowest BCUT2D eigenvalue weighted by Crippen LogP contribution is -2.49. The fraction of sp³-hybridized carbons (Fsp3) is 0.241. The number of carbonyl (C=O) groups excluding carboxylic acids is 1. The first kappa shape index (κ1) is 21.6. The molecule has 0 unspecified atom stereocenters. The zero-order valence-electron chi connectivity index (χ0n) is 19.9. The highest BCUT2D eigenvalue weighted by atomic mass is 16.2. The first-order chi connectivity index (χ1) is 17.2. The average Bonchev–Trinajstić information content (AvgIpc) is 3.27. The lowest BCUT2D eigenvalue weighted by atomic mass is 9.93. The summed E-state index contributed by atoms with van der Waals surface area (Å²) < 4.78 is 2.18. The molecule has 6 rings (SSSR count). The molecule has 2 aliphatic heterocycles. The predicted molar refractivity (Wildman–Crippen MR) is 139 cm³/mol. The summed E-state index contributed by atoms with van der Waals surface area (Å²) in [6, 6.07) is 28.7. The van der Waals surface area contributed by atoms with E-state index in [0.717, 1.165) is 66.5 Å². The predicted octanol–water partition coefficient (Wildman–Crippen LogP) is 4.67. The zero-order valence-corrected chi connectivity index (χ0v) is 19.9. The third kappa shape index (κ3) is 4.00. The van der Waals surface area contributed by atoms with Gasteiger partial charge in [0.2, 0.25) is 5.95 Å². The maximum absolute atomic E-state index is 14.1. The van der Waals surface area contributed by atoms with E-state index >= 15 is 0 Å². The molecule has 0 bridgehead atoms. The van der Waals surface area contributed by atoms with E-state index < -0.39 is 0 Å². The minimum absolute atomic E-state index is 0.103. The van der Waals surface area contributed by atoms with Gasteiger partial charge in [-0.25, -0.2) is 4.98 Å². The van der Waals surface area contributed by atoms with Gasteiger partial charge in [0, 0.05) is 38.4 Å². The van der Waals surface area contributed by atoms with Crippen LogP contribution in [-0.4, -0.2) is 51.4 Å². The highest BCUT2D eigenvalue weighted by Gasteiger charge is 2.36. The fourth-order valence-corrected chi connectivity index (χ4v) is 5.31. The largest absolute Gasteiger partial charge is 0.336 e. The standard InChI is InChI=1S/C29H29N5O/c1-21-26(28(35)33-18-16-32(17-19-33)20-22-10-4-2-5-11-22)27(23-12-6-3-7-13-23)34-25-15-9-8-14-24(25)31-29(34)30-21/h2-15,27H,16-20H2,1H3,(H,30,31)/t27-/m0/s1. The Hall–Kier alpha value is -3.90. The second-order valence-corrected chi connectivity index (χ2v) is 9.32. The maximum atomic E-state index is 14.1. The molecule has 1 N–H and O–H groups in total. The number of allylic oxidation sites excluding steroid dienone is 1. The Morgan fingerprint density at radius 3 is 2.29 bits per heavy atom. The Morgan fingerprint density at radius 1 is 0.886 bits per heavy atom. The van der Waals surface area contributed by atoms with E-state index in [2.05, 4.69) is 57.2 Å². The molecule has 176 valence electrons. The average molecular weight is 464 g/mol. The van der Waals surface area contributed by atoms with Gasteiger partial charge in [0.05, 0.1) is 22.6 Å². The van der Waals surface area contributed by atoms with Gasteiger partial charge in [-0.05, 0) is 30.2 Å². The minimum Gasteiger partial charge on any atom is -0.336 e. The summed E-state index contributed by atoms with van der Waals surface area (Å²) in [7, 11) is 0. The van der Waals surface area contributed by atoms with Gasteiger partial charge in [-0.2, -0.15) is 0 Å². The number of imidazole rings is 1. The van der Waals surface area contributed by atoms with Crippen LogP contribution in [0.15, 0.2) is 96.2 Å². The number of carbonyl (C=O) groups is 1. The van der Waals surface area contributed by atoms with Crippen molar-refractivity contribution in [2.45, 2.75) is 19.5 Å². The fourth-order valence-electron chi connectivity index (χ4n) is 5.31. The van der Waals surface area contributed by atoms with E-state index in [1.165, 1.54) is 5.56 Å². The van der Waals surface area contributed by atoms with Crippen LogP contribution in [0.1, 0.15) is 24.1 Å². The highest BCUT2D eigenvalue weighted by molar-refractivity contribution is 5.98. The quantitative estimate of drug-likeness (QED) is 0.478. The number of fused-ring (bicyclic) bond motifs is 3. The van der Waals surface area contributed by atoms with Crippen LogP contribution in [0.5, 0.6) is 0 Å². The lowest BCUT2D eigenvalue weighted by Gasteiger charge is -2.38. The molecule has 1 amide bonds. The molecular weight excluding hydrogens is 434 g/mol. The number of benzene rings is 3. The molecule has 1 aromatic heterocycles. The Labute approximate surface area is 205 Å². The Balaban J connectivity index is 1.30. The minimum atomic E-state index is -0.227. The highest BCUT2D eigenvalue weighted by Crippen LogP contribution is 2.39. The number of aromatic nitrogens is 2. The molecule has 1 saturated heterocycles. The van der Waals surface area contributed by atoms with Gasteiger partial charge in [-0.1, -0.05) is 72.8 Å². The van der Waals surface area contributed by atoms with Crippen LogP contribution >= 0.6 is 0 Å². The number of amides is 1. The number of hydrogen-bond acceptors (Lipinski definition) is 4. The van der Waals surface area contributed by atoms with Crippen LogP contribution in [0.4, 0.5) is 5.95 Å². The normalized spacial score (nSPS) is 18.4. The summed E-state index contributed by atoms with van der Waals surface area (Å²) in [6.07, 6.45) is 0. The van der Waals surface area contributed by atoms with Crippen LogP contribution in [0.25, 0.3) is 11.0 Å². The van der Waals surface area contributed by atoms with Crippen LogP contribution in [-0.2, 0) is 11.3 Å². The second kappa shape index (κ2) is 9.04. The topological polar surface area (TPSA) is 53.4 Å². The first-order valence-corrected chi connectivity index (χ1v) is 12.2. The molecule has 2 aliphatic rings.